The summed E-state index contributed by atoms with van der Waals surface area (Å²) in [6.45, 7) is 2.60. The fraction of sp³-hybridized carbons (Fsp3) is 0.531. The van der Waals surface area contributed by atoms with Crippen LogP contribution in [0.15, 0.2) is 54.1 Å². The molecule has 3 N–H and O–H groups in total. The van der Waals surface area contributed by atoms with E-state index in [1.165, 1.54) is 0 Å². The van der Waals surface area contributed by atoms with E-state index in [0.29, 0.717) is 18.8 Å². The number of carboxylic acid groups (broad SMARTS) is 1. The first-order chi connectivity index (χ1) is 19.7. The number of carboxylic acids is 1. The summed E-state index contributed by atoms with van der Waals surface area (Å²) in [5.74, 6) is -4.97. The molecule has 0 fully saturated rings. The van der Waals surface area contributed by atoms with Crippen molar-refractivity contribution in [1.82, 2.24) is 0 Å². The molecule has 0 aliphatic carbocycles. The normalized spacial score (nSPS) is 19.3. The molecule has 0 amide bonds. The van der Waals surface area contributed by atoms with Crippen molar-refractivity contribution in [3.05, 3.63) is 65.2 Å². The van der Waals surface area contributed by atoms with E-state index < -0.39 is 30.9 Å². The monoisotopic (exact) mass is 598 g/mol. The lowest BCUT2D eigenvalue weighted by Crippen LogP contribution is -2.40. The van der Waals surface area contributed by atoms with Gasteiger partial charge in [-0.3, -0.25) is 0 Å². The van der Waals surface area contributed by atoms with Crippen LogP contribution < -0.4 is 4.74 Å². The van der Waals surface area contributed by atoms with Crippen molar-refractivity contribution in [2.75, 3.05) is 6.61 Å². The molecule has 2 atom stereocenters. The van der Waals surface area contributed by atoms with Crippen molar-refractivity contribution < 1.29 is 46.8 Å². The predicted molar refractivity (Wildman–Crippen MR) is 149 cm³/mol. The summed E-state index contributed by atoms with van der Waals surface area (Å²) in [5, 5.41) is 29.0. The van der Waals surface area contributed by atoms with E-state index in [-0.39, 0.29) is 34.8 Å². The third kappa shape index (κ3) is 8.61. The lowest BCUT2D eigenvalue weighted by molar-refractivity contribution is -0.283. The second kappa shape index (κ2) is 14.2. The van der Waals surface area contributed by atoms with Gasteiger partial charge in [0, 0.05) is 29.4 Å². The second-order valence-electron chi connectivity index (χ2n) is 11.3. The van der Waals surface area contributed by atoms with Gasteiger partial charge in [0.05, 0.1) is 6.61 Å². The molecule has 5 nitrogen and oxygen atoms in total. The number of rotatable bonds is 15. The summed E-state index contributed by atoms with van der Waals surface area (Å²) in [4.78, 5) is 11.4. The minimum absolute atomic E-state index is 0.126. The van der Waals surface area contributed by atoms with Gasteiger partial charge in [-0.05, 0) is 55.0 Å². The van der Waals surface area contributed by atoms with Crippen molar-refractivity contribution in [1.29, 1.82) is 0 Å². The zero-order valence-electron chi connectivity index (χ0n) is 23.7. The Morgan fingerprint density at radius 2 is 1.52 bits per heavy atom. The number of unbranched alkanes of at least 4 members (excludes halogenated alkanes) is 6. The van der Waals surface area contributed by atoms with Gasteiger partial charge >= 0.3 is 18.1 Å². The molecule has 2 unspecified atom stereocenters. The maximum absolute atomic E-state index is 13.1. The number of halogens is 5. The number of allylic oxidation sites excluding steroid dienone is 1. The highest BCUT2D eigenvalue weighted by atomic mass is 19.4. The fourth-order valence-electron chi connectivity index (χ4n) is 5.62. The Morgan fingerprint density at radius 3 is 2.14 bits per heavy atom. The molecule has 1 heterocycles. The molecular weight excluding hydrogens is 559 g/mol. The Balaban J connectivity index is 1.44. The average molecular weight is 599 g/mol. The minimum Gasteiger partial charge on any atom is -0.508 e. The van der Waals surface area contributed by atoms with E-state index in [9.17, 15) is 42.1 Å². The number of alkyl halides is 5. The fourth-order valence-corrected chi connectivity index (χ4v) is 5.62. The first kappa shape index (κ1) is 33.2. The molecule has 0 saturated carbocycles. The largest absolute Gasteiger partial charge is 0.508 e. The molecule has 3 rings (SSSR count). The van der Waals surface area contributed by atoms with Crippen molar-refractivity contribution in [3.63, 3.8) is 0 Å². The van der Waals surface area contributed by atoms with E-state index in [4.69, 9.17) is 4.74 Å². The molecule has 42 heavy (non-hydrogen) atoms. The second-order valence-corrected chi connectivity index (χ2v) is 11.3. The molecule has 0 saturated heterocycles. The average Bonchev–Trinajstić information content (AvgIpc) is 2.91. The highest BCUT2D eigenvalue weighted by Gasteiger charge is 2.56. The van der Waals surface area contributed by atoms with Crippen LogP contribution in [0.5, 0.6) is 17.2 Å². The molecule has 0 bridgehead atoms. The molecule has 2 aromatic rings. The molecular formula is C32H39F5O5. The topological polar surface area (TPSA) is 87.0 Å². The van der Waals surface area contributed by atoms with Gasteiger partial charge in [-0.25, -0.2) is 4.79 Å². The summed E-state index contributed by atoms with van der Waals surface area (Å²) in [5.41, 5.74) is 1.65. The lowest BCUT2D eigenvalue weighted by atomic mass is 9.66. The van der Waals surface area contributed by atoms with E-state index in [2.05, 4.69) is 6.92 Å². The SMILES string of the molecule is CC1(c2ccc(O)cc2)COc2cc(O)ccc2C1CCCCCCCCCC(=CCCC(F)(F)C(F)(F)F)C(=O)O. The number of hydrogen-bond acceptors (Lipinski definition) is 4. The third-order valence-corrected chi connectivity index (χ3v) is 8.17. The highest BCUT2D eigenvalue weighted by Crippen LogP contribution is 2.50. The molecule has 232 valence electrons. The summed E-state index contributed by atoms with van der Waals surface area (Å²) in [6, 6.07) is 12.4. The Kier molecular flexibility index (Phi) is 11.3. The molecule has 10 heteroatoms. The number of fused-ring (bicyclic) bond motifs is 1. The van der Waals surface area contributed by atoms with Gasteiger partial charge in [0.1, 0.15) is 17.2 Å². The Bertz CT molecular complexity index is 1210. The summed E-state index contributed by atoms with van der Waals surface area (Å²) in [7, 11) is 0. The first-order valence-electron chi connectivity index (χ1n) is 14.4. The molecule has 1 aliphatic rings. The zero-order chi connectivity index (χ0) is 31.0. The summed E-state index contributed by atoms with van der Waals surface area (Å²) >= 11 is 0. The van der Waals surface area contributed by atoms with E-state index in [1.54, 1.807) is 24.3 Å². The third-order valence-electron chi connectivity index (χ3n) is 8.17. The Labute approximate surface area is 243 Å². The Morgan fingerprint density at radius 1 is 0.929 bits per heavy atom. The number of phenols is 2. The van der Waals surface area contributed by atoms with Crippen LogP contribution >= 0.6 is 0 Å². The summed E-state index contributed by atoms with van der Waals surface area (Å²) < 4.78 is 69.0. The maximum atomic E-state index is 13.1. The van der Waals surface area contributed by atoms with E-state index >= 15 is 0 Å². The number of hydrogen-bond donors (Lipinski definition) is 3. The van der Waals surface area contributed by atoms with Crippen LogP contribution in [0.25, 0.3) is 0 Å². The van der Waals surface area contributed by atoms with Crippen LogP contribution in [-0.2, 0) is 10.2 Å². The van der Waals surface area contributed by atoms with Gasteiger partial charge in [0.15, 0.2) is 0 Å². The van der Waals surface area contributed by atoms with E-state index in [1.807, 2.05) is 18.2 Å². The molecule has 1 aliphatic heterocycles. The van der Waals surface area contributed by atoms with Crippen LogP contribution in [0.1, 0.15) is 94.6 Å². The van der Waals surface area contributed by atoms with Gasteiger partial charge in [-0.2, -0.15) is 22.0 Å². The number of aliphatic carboxylic acids is 1. The number of benzene rings is 2. The minimum atomic E-state index is -5.64. The number of ether oxygens (including phenoxy) is 1. The number of aromatic hydroxyl groups is 2. The molecule has 0 spiro atoms. The van der Waals surface area contributed by atoms with Gasteiger partial charge in [0.25, 0.3) is 0 Å². The first-order valence-corrected chi connectivity index (χ1v) is 14.4. The maximum Gasteiger partial charge on any atom is 0.453 e. The smallest absolute Gasteiger partial charge is 0.453 e. The summed E-state index contributed by atoms with van der Waals surface area (Å²) in [6.07, 6.45) is 0.236. The molecule has 0 radical (unpaired) electrons. The van der Waals surface area contributed by atoms with Crippen LogP contribution in [0, 0.1) is 0 Å². The van der Waals surface area contributed by atoms with Gasteiger partial charge < -0.3 is 20.1 Å². The zero-order valence-corrected chi connectivity index (χ0v) is 23.7. The van der Waals surface area contributed by atoms with Crippen LogP contribution in [0.2, 0.25) is 0 Å². The predicted octanol–water partition coefficient (Wildman–Crippen LogP) is 9.03. The van der Waals surface area contributed by atoms with Crippen LogP contribution in [0.3, 0.4) is 0 Å². The van der Waals surface area contributed by atoms with Gasteiger partial charge in [0.2, 0.25) is 0 Å². The van der Waals surface area contributed by atoms with E-state index in [0.717, 1.165) is 62.1 Å². The molecule has 0 aromatic heterocycles. The lowest BCUT2D eigenvalue weighted by Gasteiger charge is -2.43. The van der Waals surface area contributed by atoms with Gasteiger partial charge in [-0.15, -0.1) is 0 Å². The standard InChI is InChI=1S/C32H39F5O5/c1-30(23-13-15-24(38)16-14-23)21-42-28-20-25(39)17-18-26(28)27(30)12-8-6-4-2-3-5-7-10-22(29(40)41)11-9-19-31(33,34)32(35,36)37/h11,13-18,20,27,38-39H,2-10,12,19,21H2,1H3,(H,40,41). The highest BCUT2D eigenvalue weighted by molar-refractivity contribution is 5.86. The van der Waals surface area contributed by atoms with Crippen LogP contribution in [0.4, 0.5) is 22.0 Å². The van der Waals surface area contributed by atoms with Gasteiger partial charge in [-0.1, -0.05) is 69.7 Å². The van der Waals surface area contributed by atoms with Crippen molar-refractivity contribution >= 4 is 5.97 Å². The Hall–Kier alpha value is -3.30. The van der Waals surface area contributed by atoms with Crippen molar-refractivity contribution in [2.45, 2.75) is 101 Å². The van der Waals surface area contributed by atoms with Crippen LogP contribution in [-0.4, -0.2) is 40.0 Å². The van der Waals surface area contributed by atoms with Crippen molar-refractivity contribution in [2.24, 2.45) is 0 Å². The number of phenolic OH excluding ortho intramolecular Hbond substituents is 2. The van der Waals surface area contributed by atoms with Crippen molar-refractivity contribution in [3.8, 4) is 17.2 Å². The quantitative estimate of drug-likeness (QED) is 0.108. The number of carbonyl (C=O) groups is 1. The molecule has 2 aromatic carbocycles.